The van der Waals surface area contributed by atoms with Gasteiger partial charge < -0.3 is 4.74 Å². The first-order chi connectivity index (χ1) is 3.13. The van der Waals surface area contributed by atoms with Crippen molar-refractivity contribution < 1.29 is 26.6 Å². The van der Waals surface area contributed by atoms with Crippen LogP contribution in [-0.4, -0.2) is 12.2 Å². The van der Waals surface area contributed by atoms with Crippen LogP contribution in [0.4, 0.5) is 0 Å². The molecule has 0 rings (SSSR count). The number of rotatable bonds is 1. The molecule has 0 spiro atoms. The third-order valence-corrected chi connectivity index (χ3v) is 0.352. The molecular formula is C4H9CuNO2. The van der Waals surface area contributed by atoms with E-state index in [1.807, 2.05) is 0 Å². The van der Waals surface area contributed by atoms with Crippen molar-refractivity contribution >= 4 is 5.97 Å². The molecule has 0 aromatic rings. The molecule has 0 bridgehead atoms. The van der Waals surface area contributed by atoms with Gasteiger partial charge in [0.05, 0.1) is 0 Å². The first kappa shape index (κ1) is 10.8. The predicted octanol–water partition coefficient (Wildman–Crippen LogP) is -0.148. The van der Waals surface area contributed by atoms with Crippen molar-refractivity contribution in [3.63, 3.8) is 0 Å². The van der Waals surface area contributed by atoms with Gasteiger partial charge in [-0.05, 0) is 6.92 Å². The third kappa shape index (κ3) is 9.34. The topological polar surface area (TPSA) is 52.3 Å². The van der Waals surface area contributed by atoms with Gasteiger partial charge in [-0.15, -0.1) is 0 Å². The minimum atomic E-state index is -0.475. The Morgan fingerprint density at radius 1 is 1.75 bits per heavy atom. The van der Waals surface area contributed by atoms with Crippen molar-refractivity contribution in [1.29, 1.82) is 0 Å². The van der Waals surface area contributed by atoms with Gasteiger partial charge in [0.15, 0.2) is 0 Å². The maximum atomic E-state index is 9.95. The molecule has 2 N–H and O–H groups in total. The van der Waals surface area contributed by atoms with Gasteiger partial charge in [-0.25, -0.2) is 0 Å². The molecule has 0 aromatic heterocycles. The van der Waals surface area contributed by atoms with Gasteiger partial charge in [0, 0.05) is 24.0 Å². The van der Waals surface area contributed by atoms with Crippen LogP contribution in [0, 0.1) is 0 Å². The SMILES string of the molecule is CC(=O)OC(C)N.[Cu]. The van der Waals surface area contributed by atoms with Gasteiger partial charge in [0.2, 0.25) is 0 Å². The van der Waals surface area contributed by atoms with Crippen molar-refractivity contribution in [2.24, 2.45) is 5.73 Å². The van der Waals surface area contributed by atoms with Gasteiger partial charge in [-0.3, -0.25) is 10.5 Å². The van der Waals surface area contributed by atoms with E-state index in [1.165, 1.54) is 6.92 Å². The van der Waals surface area contributed by atoms with Crippen LogP contribution in [0.3, 0.4) is 0 Å². The van der Waals surface area contributed by atoms with Crippen LogP contribution < -0.4 is 5.73 Å². The Balaban J connectivity index is 0. The van der Waals surface area contributed by atoms with Gasteiger partial charge in [0.1, 0.15) is 6.23 Å². The van der Waals surface area contributed by atoms with Gasteiger partial charge in [0.25, 0.3) is 0 Å². The zero-order valence-corrected chi connectivity index (χ0v) is 5.71. The molecule has 8 heavy (non-hydrogen) atoms. The Bertz CT molecular complexity index is 74.4. The maximum Gasteiger partial charge on any atom is 0.304 e. The van der Waals surface area contributed by atoms with E-state index in [-0.39, 0.29) is 23.0 Å². The minimum absolute atomic E-state index is 0. The average molecular weight is 167 g/mol. The van der Waals surface area contributed by atoms with E-state index in [4.69, 9.17) is 5.73 Å². The second-order valence-electron chi connectivity index (χ2n) is 1.31. The standard InChI is InChI=1S/C4H9NO2.Cu/c1-3(5)7-4(2)6;/h3H,5H2,1-2H3;. The van der Waals surface area contributed by atoms with Gasteiger partial charge >= 0.3 is 5.97 Å². The molecule has 0 saturated heterocycles. The molecule has 0 aliphatic rings. The molecule has 0 aliphatic carbocycles. The Morgan fingerprint density at radius 2 is 2.12 bits per heavy atom. The maximum absolute atomic E-state index is 9.95. The number of carbonyl (C=O) groups is 1. The molecule has 1 unspecified atom stereocenters. The molecule has 0 saturated carbocycles. The van der Waals surface area contributed by atoms with Crippen molar-refractivity contribution in [1.82, 2.24) is 0 Å². The fourth-order valence-electron chi connectivity index (χ4n) is 0.262. The van der Waals surface area contributed by atoms with E-state index in [0.29, 0.717) is 0 Å². The molecule has 1 atom stereocenters. The Hall–Kier alpha value is -0.0505. The van der Waals surface area contributed by atoms with Crippen LogP contribution in [0.2, 0.25) is 0 Å². The minimum Gasteiger partial charge on any atom is -0.447 e. The van der Waals surface area contributed by atoms with E-state index in [2.05, 4.69) is 4.74 Å². The summed E-state index contributed by atoms with van der Waals surface area (Å²) < 4.78 is 4.39. The van der Waals surface area contributed by atoms with E-state index in [9.17, 15) is 4.79 Å². The first-order valence-corrected chi connectivity index (χ1v) is 2.05. The summed E-state index contributed by atoms with van der Waals surface area (Å²) in [7, 11) is 0. The number of hydrogen-bond acceptors (Lipinski definition) is 3. The molecular weight excluding hydrogens is 158 g/mol. The Kier molecular flexibility index (Phi) is 6.91. The fourth-order valence-corrected chi connectivity index (χ4v) is 0.262. The first-order valence-electron chi connectivity index (χ1n) is 2.05. The van der Waals surface area contributed by atoms with Crippen LogP contribution in [0.25, 0.3) is 0 Å². The molecule has 0 aliphatic heterocycles. The van der Waals surface area contributed by atoms with Gasteiger partial charge in [-0.1, -0.05) is 0 Å². The summed E-state index contributed by atoms with van der Waals surface area (Å²) in [5.41, 5.74) is 5.05. The van der Waals surface area contributed by atoms with E-state index in [1.54, 1.807) is 6.92 Å². The largest absolute Gasteiger partial charge is 0.447 e. The van der Waals surface area contributed by atoms with Crippen LogP contribution in [0.5, 0.6) is 0 Å². The molecule has 1 radical (unpaired) electrons. The molecule has 0 heterocycles. The second-order valence-corrected chi connectivity index (χ2v) is 1.31. The number of hydrogen-bond donors (Lipinski definition) is 1. The molecule has 4 heteroatoms. The Labute approximate surface area is 59.0 Å². The smallest absolute Gasteiger partial charge is 0.304 e. The van der Waals surface area contributed by atoms with Crippen molar-refractivity contribution in [2.75, 3.05) is 0 Å². The number of esters is 1. The normalized spacial score (nSPS) is 11.4. The Morgan fingerprint density at radius 3 is 2.12 bits per heavy atom. The zero-order valence-electron chi connectivity index (χ0n) is 4.77. The number of ether oxygens (including phenoxy) is 1. The molecule has 0 aromatic carbocycles. The van der Waals surface area contributed by atoms with Crippen LogP contribution >= 0.6 is 0 Å². The average Bonchev–Trinajstić information content (AvgIpc) is 1.27. The van der Waals surface area contributed by atoms with Crippen LogP contribution in [0.15, 0.2) is 0 Å². The fraction of sp³-hybridized carbons (Fsp3) is 0.750. The summed E-state index contributed by atoms with van der Waals surface area (Å²) in [6, 6.07) is 0. The summed E-state index contributed by atoms with van der Waals surface area (Å²) >= 11 is 0. The molecule has 0 amide bonds. The van der Waals surface area contributed by atoms with Crippen molar-refractivity contribution in [3.8, 4) is 0 Å². The molecule has 53 valence electrons. The number of carbonyl (C=O) groups excluding carboxylic acids is 1. The van der Waals surface area contributed by atoms with Crippen LogP contribution in [0.1, 0.15) is 13.8 Å². The molecule has 0 fully saturated rings. The van der Waals surface area contributed by atoms with Gasteiger partial charge in [-0.2, -0.15) is 0 Å². The monoisotopic (exact) mass is 166 g/mol. The predicted molar refractivity (Wildman–Crippen MR) is 25.4 cm³/mol. The summed E-state index contributed by atoms with van der Waals surface area (Å²) in [5, 5.41) is 0. The summed E-state index contributed by atoms with van der Waals surface area (Å²) in [6.45, 7) is 2.92. The van der Waals surface area contributed by atoms with E-state index in [0.717, 1.165) is 0 Å². The summed E-state index contributed by atoms with van der Waals surface area (Å²) in [6.07, 6.45) is -0.475. The van der Waals surface area contributed by atoms with Crippen LogP contribution in [-0.2, 0) is 26.6 Å². The third-order valence-electron chi connectivity index (χ3n) is 0.352. The summed E-state index contributed by atoms with van der Waals surface area (Å²) in [5.74, 6) is -0.338. The van der Waals surface area contributed by atoms with E-state index >= 15 is 0 Å². The molecule has 3 nitrogen and oxygen atoms in total. The van der Waals surface area contributed by atoms with Crippen molar-refractivity contribution in [2.45, 2.75) is 20.1 Å². The zero-order chi connectivity index (χ0) is 5.86. The second kappa shape index (κ2) is 5.09. The van der Waals surface area contributed by atoms with E-state index < -0.39 is 6.23 Å². The van der Waals surface area contributed by atoms with Crippen molar-refractivity contribution in [3.05, 3.63) is 0 Å². The quantitative estimate of drug-likeness (QED) is 0.335. The summed E-state index contributed by atoms with van der Waals surface area (Å²) in [4.78, 5) is 9.95. The number of nitrogens with two attached hydrogens (primary N) is 1.